The number of nitrogens with one attached hydrogen (secondary N) is 2. The van der Waals surface area contributed by atoms with Crippen LogP contribution in [0.1, 0.15) is 54.7 Å². The number of nitrogens with two attached hydrogens (primary N) is 2. The van der Waals surface area contributed by atoms with E-state index >= 15 is 0 Å². The van der Waals surface area contributed by atoms with Gasteiger partial charge in [-0.15, -0.1) is 0 Å². The van der Waals surface area contributed by atoms with E-state index in [1.165, 1.54) is 12.1 Å². The van der Waals surface area contributed by atoms with E-state index in [1.54, 1.807) is 0 Å². The molecule has 186 valence electrons. The lowest BCUT2D eigenvalue weighted by Gasteiger charge is -2.22. The van der Waals surface area contributed by atoms with Crippen molar-refractivity contribution in [3.05, 3.63) is 65.0 Å². The number of halogens is 4. The van der Waals surface area contributed by atoms with Gasteiger partial charge in [0.15, 0.2) is 17.5 Å². The number of carbonyl (C=O) groups is 1. The Morgan fingerprint density at radius 1 is 1.09 bits per heavy atom. The van der Waals surface area contributed by atoms with E-state index in [-0.39, 0.29) is 23.4 Å². The van der Waals surface area contributed by atoms with E-state index in [2.05, 4.69) is 15.6 Å². The summed E-state index contributed by atoms with van der Waals surface area (Å²) in [5.41, 5.74) is 11.5. The zero-order valence-corrected chi connectivity index (χ0v) is 19.1. The highest BCUT2D eigenvalue weighted by Gasteiger charge is 2.30. The maximum absolute atomic E-state index is 13.6. The molecule has 2 atom stereocenters. The third-order valence-electron chi connectivity index (χ3n) is 4.65. The van der Waals surface area contributed by atoms with Gasteiger partial charge < -0.3 is 21.9 Å². The number of phenolic OH excluding ortho intramolecular Hbond substituents is 1. The smallest absolute Gasteiger partial charge is 0.416 e. The first-order chi connectivity index (χ1) is 15.7. The second kappa shape index (κ2) is 10.8. The minimum Gasteiger partial charge on any atom is -0.505 e. The van der Waals surface area contributed by atoms with Gasteiger partial charge >= 0.3 is 6.18 Å². The molecule has 7 nitrogen and oxygen atoms in total. The number of alkyl halides is 3. The van der Waals surface area contributed by atoms with E-state index in [4.69, 9.17) is 11.5 Å². The van der Waals surface area contributed by atoms with Crippen molar-refractivity contribution in [2.24, 2.45) is 21.9 Å². The summed E-state index contributed by atoms with van der Waals surface area (Å²) in [5.74, 6) is -1.96. The molecule has 0 heterocycles. The highest BCUT2D eigenvalue weighted by molar-refractivity contribution is 6.05. The van der Waals surface area contributed by atoms with Crippen LogP contribution in [0.3, 0.4) is 0 Å². The van der Waals surface area contributed by atoms with Crippen LogP contribution in [-0.2, 0) is 6.18 Å². The van der Waals surface area contributed by atoms with Crippen molar-refractivity contribution in [3.8, 4) is 5.75 Å². The fourth-order valence-electron chi connectivity index (χ4n) is 2.83. The molecule has 0 saturated carbocycles. The van der Waals surface area contributed by atoms with Gasteiger partial charge in [0.2, 0.25) is 0 Å². The largest absolute Gasteiger partial charge is 0.505 e. The molecule has 0 fully saturated rings. The summed E-state index contributed by atoms with van der Waals surface area (Å²) in [6.45, 7) is 6.10. The van der Waals surface area contributed by atoms with Crippen LogP contribution >= 0.6 is 0 Å². The monoisotopic (exact) mass is 483 g/mol. The van der Waals surface area contributed by atoms with Crippen molar-refractivity contribution >= 4 is 11.9 Å². The van der Waals surface area contributed by atoms with E-state index in [1.807, 2.05) is 20.8 Å². The fraction of sp³-hybridized carbons (Fsp3) is 0.391. The maximum atomic E-state index is 13.6. The van der Waals surface area contributed by atoms with Crippen LogP contribution < -0.4 is 22.1 Å². The molecule has 1 amide bonds. The van der Waals surface area contributed by atoms with E-state index in [0.717, 1.165) is 30.3 Å². The Balaban J connectivity index is 2.12. The molecule has 2 rings (SSSR count). The van der Waals surface area contributed by atoms with Crippen molar-refractivity contribution < 1.29 is 27.5 Å². The molecular weight excluding hydrogens is 454 g/mol. The number of phenols is 1. The molecule has 0 aliphatic heterocycles. The average Bonchev–Trinajstić information content (AvgIpc) is 2.72. The van der Waals surface area contributed by atoms with Crippen LogP contribution in [0.4, 0.5) is 17.6 Å². The fourth-order valence-corrected chi connectivity index (χ4v) is 2.83. The number of guanidine groups is 1. The SMILES string of the molecule is CC(C)(C)CN=C(NC(=O)c1ccc(C(F)(F)F)cc1)NC(N)CC(N)c1ccc(O)c(F)c1. The highest BCUT2D eigenvalue weighted by atomic mass is 19.4. The molecule has 2 aromatic carbocycles. The first-order valence-electron chi connectivity index (χ1n) is 10.4. The number of aromatic hydroxyl groups is 1. The Bertz CT molecular complexity index is 1020. The summed E-state index contributed by atoms with van der Waals surface area (Å²) in [6, 6.07) is 6.83. The van der Waals surface area contributed by atoms with Gasteiger partial charge in [-0.3, -0.25) is 15.1 Å². The molecule has 11 heteroatoms. The quantitative estimate of drug-likeness (QED) is 0.186. The summed E-state index contributed by atoms with van der Waals surface area (Å²) < 4.78 is 51.9. The number of hydrogen-bond acceptors (Lipinski definition) is 5. The van der Waals surface area contributed by atoms with Crippen molar-refractivity contribution in [3.63, 3.8) is 0 Å². The molecule has 0 aliphatic rings. The normalized spacial score (nSPS) is 14.4. The summed E-state index contributed by atoms with van der Waals surface area (Å²) >= 11 is 0. The van der Waals surface area contributed by atoms with Crippen LogP contribution in [-0.4, -0.2) is 29.7 Å². The van der Waals surface area contributed by atoms with Gasteiger partial charge in [-0.1, -0.05) is 26.8 Å². The third kappa shape index (κ3) is 8.31. The molecule has 0 bridgehead atoms. The minimum atomic E-state index is -4.51. The van der Waals surface area contributed by atoms with E-state index in [0.29, 0.717) is 12.1 Å². The van der Waals surface area contributed by atoms with Crippen LogP contribution in [0.5, 0.6) is 5.75 Å². The molecule has 0 aromatic heterocycles. The molecule has 0 radical (unpaired) electrons. The summed E-state index contributed by atoms with van der Waals surface area (Å²) in [5, 5.41) is 14.7. The molecule has 0 saturated heterocycles. The van der Waals surface area contributed by atoms with Gasteiger partial charge in [-0.2, -0.15) is 13.2 Å². The number of aliphatic imine (C=N–C) groups is 1. The standard InChI is InChI=1S/C23H29F4N5O2/c1-22(2,3)12-30-21(32-20(34)13-4-7-15(8-5-13)23(25,26)27)31-19(29)11-17(28)14-6-9-18(33)16(24)10-14/h4-10,17,19,33H,11-12,28-29H2,1-3H3,(H2,30,31,32,34). The molecule has 34 heavy (non-hydrogen) atoms. The number of nitrogens with zero attached hydrogens (tertiary/aromatic N) is 1. The topological polar surface area (TPSA) is 126 Å². The van der Waals surface area contributed by atoms with Gasteiger partial charge in [-0.05, 0) is 53.8 Å². The van der Waals surface area contributed by atoms with Crippen molar-refractivity contribution in [1.29, 1.82) is 0 Å². The van der Waals surface area contributed by atoms with Crippen molar-refractivity contribution in [1.82, 2.24) is 10.6 Å². The Hall–Kier alpha value is -3.18. The number of benzene rings is 2. The molecule has 7 N–H and O–H groups in total. The summed E-state index contributed by atoms with van der Waals surface area (Å²) in [7, 11) is 0. The summed E-state index contributed by atoms with van der Waals surface area (Å²) in [4.78, 5) is 16.9. The Morgan fingerprint density at radius 3 is 2.24 bits per heavy atom. The number of amides is 1. The van der Waals surface area contributed by atoms with E-state index < -0.39 is 41.4 Å². The highest BCUT2D eigenvalue weighted by Crippen LogP contribution is 2.29. The predicted octanol–water partition coefficient (Wildman–Crippen LogP) is 3.65. The van der Waals surface area contributed by atoms with Crippen LogP contribution in [0.15, 0.2) is 47.5 Å². The van der Waals surface area contributed by atoms with Crippen LogP contribution in [0, 0.1) is 11.2 Å². The second-order valence-corrected chi connectivity index (χ2v) is 9.06. The first kappa shape index (κ1) is 27.1. The zero-order valence-electron chi connectivity index (χ0n) is 19.1. The second-order valence-electron chi connectivity index (χ2n) is 9.06. The molecule has 2 unspecified atom stereocenters. The summed E-state index contributed by atoms with van der Waals surface area (Å²) in [6.07, 6.45) is -5.20. The Kier molecular flexibility index (Phi) is 8.62. The van der Waals surface area contributed by atoms with Crippen LogP contribution in [0.25, 0.3) is 0 Å². The lowest BCUT2D eigenvalue weighted by Crippen LogP contribution is -2.50. The number of rotatable bonds is 6. The predicted molar refractivity (Wildman–Crippen MR) is 121 cm³/mol. The molecule has 0 spiro atoms. The van der Waals surface area contributed by atoms with Gasteiger partial charge in [0.25, 0.3) is 5.91 Å². The van der Waals surface area contributed by atoms with Gasteiger partial charge in [-0.25, -0.2) is 4.39 Å². The van der Waals surface area contributed by atoms with E-state index in [9.17, 15) is 27.5 Å². The maximum Gasteiger partial charge on any atom is 0.416 e. The average molecular weight is 484 g/mol. The van der Waals surface area contributed by atoms with Gasteiger partial charge in [0.05, 0.1) is 11.7 Å². The molecule has 2 aromatic rings. The third-order valence-corrected chi connectivity index (χ3v) is 4.65. The van der Waals surface area contributed by atoms with Gasteiger partial charge in [0.1, 0.15) is 0 Å². The molecular formula is C23H29F4N5O2. The lowest BCUT2D eigenvalue weighted by atomic mass is 9.97. The number of carbonyl (C=O) groups excluding carboxylic acids is 1. The number of hydrogen-bond donors (Lipinski definition) is 5. The lowest BCUT2D eigenvalue weighted by molar-refractivity contribution is -0.137. The van der Waals surface area contributed by atoms with Crippen LogP contribution in [0.2, 0.25) is 0 Å². The Labute approximate surface area is 195 Å². The molecule has 0 aliphatic carbocycles. The van der Waals surface area contributed by atoms with Crippen molar-refractivity contribution in [2.75, 3.05) is 6.54 Å². The van der Waals surface area contributed by atoms with Crippen molar-refractivity contribution in [2.45, 2.75) is 45.6 Å². The zero-order chi connectivity index (χ0) is 25.7. The first-order valence-corrected chi connectivity index (χ1v) is 10.4. The van der Waals surface area contributed by atoms with Gasteiger partial charge in [0, 0.05) is 18.2 Å². The minimum absolute atomic E-state index is 0.00287. The Morgan fingerprint density at radius 2 is 1.71 bits per heavy atom.